The summed E-state index contributed by atoms with van der Waals surface area (Å²) < 4.78 is 39.6. The van der Waals surface area contributed by atoms with Crippen molar-refractivity contribution >= 4 is 0 Å². The van der Waals surface area contributed by atoms with Gasteiger partial charge in [0.25, 0.3) is 0 Å². The minimum absolute atomic E-state index is 0.0866. The van der Waals surface area contributed by atoms with Crippen molar-refractivity contribution in [3.63, 3.8) is 0 Å². The average molecular weight is 433 g/mol. The highest BCUT2D eigenvalue weighted by Crippen LogP contribution is 2.69. The van der Waals surface area contributed by atoms with Crippen LogP contribution in [0.5, 0.6) is 0 Å². The molecule has 4 fully saturated rings. The van der Waals surface area contributed by atoms with Gasteiger partial charge in [0.2, 0.25) is 0 Å². The lowest BCUT2D eigenvalue weighted by molar-refractivity contribution is -0.228. The second-order valence-corrected chi connectivity index (χ2v) is 11.8. The lowest BCUT2D eigenvalue weighted by Crippen LogP contribution is -2.57. The molecule has 10 atom stereocenters. The molecule has 4 aliphatic rings. The molecular weight excluding hydrogens is 393 g/mol. The largest absolute Gasteiger partial charge is 0.414 e. The molecule has 0 saturated heterocycles. The molecule has 0 heterocycles. The molecule has 0 amide bonds. The first-order valence-electron chi connectivity index (χ1n) is 11.9. The number of halogens is 3. The summed E-state index contributed by atoms with van der Waals surface area (Å²) >= 11 is 0. The predicted octanol–water partition coefficient (Wildman–Crippen LogP) is 4.93. The van der Waals surface area contributed by atoms with Gasteiger partial charge in [-0.15, -0.1) is 0 Å². The smallest absolute Gasteiger partial charge is 0.393 e. The van der Waals surface area contributed by atoms with Gasteiger partial charge in [-0.3, -0.25) is 0 Å². The molecule has 3 N–H and O–H groups in total. The summed E-state index contributed by atoms with van der Waals surface area (Å²) in [4.78, 5) is 0. The van der Waals surface area contributed by atoms with Gasteiger partial charge in [-0.05, 0) is 104 Å². The Balaban J connectivity index is 1.54. The SMILES string of the molecule is C[C@@H]([C@H]1CC[C@H]2[C@@H]3CC[C@@H]4C[C@@](O)(CO)CC[C@]4(C)[C@H]3CC[C@]12C)[C@H](O)C(F)(F)F. The van der Waals surface area contributed by atoms with Crippen molar-refractivity contribution in [3.05, 3.63) is 0 Å². The normalized spacial score (nSPS) is 50.9. The van der Waals surface area contributed by atoms with E-state index in [0.29, 0.717) is 36.5 Å². The number of aliphatic hydroxyl groups excluding tert-OH is 2. The second kappa shape index (κ2) is 7.34. The number of rotatable bonds is 3. The standard InChI is InChI=1S/C24H39F3O3/c1-14(20(29)24(25,26)27)17-6-7-18-16-5-4-15-12-23(30,13-28)11-10-21(15,2)19(16)8-9-22(17,18)3/h14-20,28-30H,4-13H2,1-3H3/t14-,15+,16-,17+,18-,19-,20-,21-,22+,23+/m0/s1. The Hall–Kier alpha value is -0.330. The van der Waals surface area contributed by atoms with Crippen LogP contribution in [-0.2, 0) is 0 Å². The van der Waals surface area contributed by atoms with Gasteiger partial charge in [0.05, 0.1) is 12.2 Å². The van der Waals surface area contributed by atoms with Gasteiger partial charge in [0.15, 0.2) is 6.10 Å². The van der Waals surface area contributed by atoms with Crippen LogP contribution in [0.25, 0.3) is 0 Å². The molecule has 0 radical (unpaired) electrons. The van der Waals surface area contributed by atoms with E-state index in [1.807, 2.05) is 0 Å². The number of alkyl halides is 3. The zero-order valence-corrected chi connectivity index (χ0v) is 18.6. The molecule has 0 aliphatic heterocycles. The maximum absolute atomic E-state index is 13.2. The van der Waals surface area contributed by atoms with Crippen LogP contribution in [0.4, 0.5) is 13.2 Å². The van der Waals surface area contributed by atoms with E-state index in [4.69, 9.17) is 0 Å². The van der Waals surface area contributed by atoms with E-state index in [0.717, 1.165) is 44.9 Å². The lowest BCUT2D eigenvalue weighted by atomic mass is 9.43. The van der Waals surface area contributed by atoms with Gasteiger partial charge in [-0.25, -0.2) is 0 Å². The number of hydrogen-bond donors (Lipinski definition) is 3. The number of hydrogen-bond acceptors (Lipinski definition) is 3. The van der Waals surface area contributed by atoms with Crippen LogP contribution in [0.2, 0.25) is 0 Å². The van der Waals surface area contributed by atoms with E-state index in [9.17, 15) is 28.5 Å². The maximum atomic E-state index is 13.2. The number of fused-ring (bicyclic) bond motifs is 5. The molecular formula is C24H39F3O3. The zero-order valence-electron chi connectivity index (χ0n) is 18.6. The minimum Gasteiger partial charge on any atom is -0.393 e. The summed E-state index contributed by atoms with van der Waals surface area (Å²) in [6.07, 6.45) is 1.28. The molecule has 30 heavy (non-hydrogen) atoms. The molecule has 4 aliphatic carbocycles. The molecule has 0 aromatic heterocycles. The van der Waals surface area contributed by atoms with Gasteiger partial charge in [0, 0.05) is 0 Å². The first-order valence-corrected chi connectivity index (χ1v) is 11.9. The summed E-state index contributed by atoms with van der Waals surface area (Å²) in [5.74, 6) is 1.08. The van der Waals surface area contributed by atoms with E-state index >= 15 is 0 Å². The van der Waals surface area contributed by atoms with Crippen molar-refractivity contribution < 1.29 is 28.5 Å². The Kier molecular flexibility index (Phi) is 5.59. The fourth-order valence-corrected chi connectivity index (χ4v) is 8.89. The third-order valence-corrected chi connectivity index (χ3v) is 10.7. The minimum atomic E-state index is -4.55. The van der Waals surface area contributed by atoms with E-state index in [1.54, 1.807) is 6.92 Å². The fraction of sp³-hybridized carbons (Fsp3) is 1.00. The maximum Gasteiger partial charge on any atom is 0.414 e. The third-order valence-electron chi connectivity index (χ3n) is 10.7. The summed E-state index contributed by atoms with van der Waals surface area (Å²) in [6, 6.07) is 0. The summed E-state index contributed by atoms with van der Waals surface area (Å²) in [7, 11) is 0. The molecule has 174 valence electrons. The van der Waals surface area contributed by atoms with Crippen LogP contribution in [0, 0.1) is 46.3 Å². The Labute approximate surface area is 178 Å². The predicted molar refractivity (Wildman–Crippen MR) is 108 cm³/mol. The first-order chi connectivity index (χ1) is 13.9. The molecule has 6 heteroatoms. The summed E-state index contributed by atoms with van der Waals surface area (Å²) in [5, 5.41) is 30.3. The molecule has 3 nitrogen and oxygen atoms in total. The van der Waals surface area contributed by atoms with Crippen LogP contribution in [0.1, 0.15) is 78.6 Å². The van der Waals surface area contributed by atoms with Crippen molar-refractivity contribution in [1.29, 1.82) is 0 Å². The molecule has 0 spiro atoms. The third kappa shape index (κ3) is 3.35. The quantitative estimate of drug-likeness (QED) is 0.593. The Morgan fingerprint density at radius 1 is 0.933 bits per heavy atom. The highest BCUT2D eigenvalue weighted by molar-refractivity contribution is 5.11. The van der Waals surface area contributed by atoms with Gasteiger partial charge < -0.3 is 15.3 Å². The van der Waals surface area contributed by atoms with Crippen LogP contribution < -0.4 is 0 Å². The van der Waals surface area contributed by atoms with Crippen LogP contribution in [0.3, 0.4) is 0 Å². The van der Waals surface area contributed by atoms with Crippen molar-refractivity contribution in [3.8, 4) is 0 Å². The van der Waals surface area contributed by atoms with Gasteiger partial charge in [0.1, 0.15) is 0 Å². The lowest BCUT2D eigenvalue weighted by Gasteiger charge is -2.62. The van der Waals surface area contributed by atoms with Crippen molar-refractivity contribution in [1.82, 2.24) is 0 Å². The molecule has 0 unspecified atom stereocenters. The molecule has 4 rings (SSSR count). The topological polar surface area (TPSA) is 60.7 Å². The highest BCUT2D eigenvalue weighted by atomic mass is 19.4. The van der Waals surface area contributed by atoms with Gasteiger partial charge >= 0.3 is 6.18 Å². The molecule has 0 bridgehead atoms. The van der Waals surface area contributed by atoms with E-state index in [1.165, 1.54) is 0 Å². The van der Waals surface area contributed by atoms with Crippen molar-refractivity contribution in [2.45, 2.75) is 96.4 Å². The average Bonchev–Trinajstić information content (AvgIpc) is 3.04. The van der Waals surface area contributed by atoms with Crippen molar-refractivity contribution in [2.24, 2.45) is 46.3 Å². The van der Waals surface area contributed by atoms with Crippen LogP contribution in [0.15, 0.2) is 0 Å². The van der Waals surface area contributed by atoms with Gasteiger partial charge in [-0.1, -0.05) is 20.8 Å². The van der Waals surface area contributed by atoms with E-state index < -0.39 is 23.8 Å². The first kappa shape index (κ1) is 22.8. The molecule has 0 aromatic carbocycles. The molecule has 0 aromatic rings. The van der Waals surface area contributed by atoms with Crippen LogP contribution in [-0.4, -0.2) is 39.8 Å². The van der Waals surface area contributed by atoms with Gasteiger partial charge in [-0.2, -0.15) is 13.2 Å². The van der Waals surface area contributed by atoms with Crippen LogP contribution >= 0.6 is 0 Å². The second-order valence-electron chi connectivity index (χ2n) is 11.8. The Bertz CT molecular complexity index is 654. The van der Waals surface area contributed by atoms with E-state index in [2.05, 4.69) is 13.8 Å². The number of aliphatic hydroxyl groups is 3. The fourth-order valence-electron chi connectivity index (χ4n) is 8.89. The summed E-state index contributed by atoms with van der Waals surface area (Å²) in [5.41, 5.74) is -0.918. The Morgan fingerprint density at radius 3 is 2.23 bits per heavy atom. The van der Waals surface area contributed by atoms with Crippen molar-refractivity contribution in [2.75, 3.05) is 6.61 Å². The van der Waals surface area contributed by atoms with E-state index in [-0.39, 0.29) is 23.4 Å². The Morgan fingerprint density at radius 2 is 1.60 bits per heavy atom. The highest BCUT2D eigenvalue weighted by Gasteiger charge is 2.62. The zero-order chi connectivity index (χ0) is 22.1. The summed E-state index contributed by atoms with van der Waals surface area (Å²) in [6.45, 7) is 5.99. The molecule has 4 saturated carbocycles. The monoisotopic (exact) mass is 432 g/mol.